The summed E-state index contributed by atoms with van der Waals surface area (Å²) in [5.41, 5.74) is 3.17. The van der Waals surface area contributed by atoms with Crippen molar-refractivity contribution in [2.45, 2.75) is 25.3 Å². The van der Waals surface area contributed by atoms with Gasteiger partial charge in [-0.1, -0.05) is 23.4 Å². The van der Waals surface area contributed by atoms with Gasteiger partial charge in [-0.15, -0.1) is 0 Å². The molecule has 0 bridgehead atoms. The van der Waals surface area contributed by atoms with E-state index in [9.17, 15) is 4.79 Å². The molecule has 1 aliphatic heterocycles. The highest BCUT2D eigenvalue weighted by Crippen LogP contribution is 2.28. The van der Waals surface area contributed by atoms with E-state index in [0.717, 1.165) is 43.7 Å². The first kappa shape index (κ1) is 19.5. The minimum Gasteiger partial charge on any atom is -0.383 e. The number of amides is 1. The van der Waals surface area contributed by atoms with Crippen molar-refractivity contribution in [2.24, 2.45) is 0 Å². The van der Waals surface area contributed by atoms with E-state index in [1.807, 2.05) is 18.3 Å². The first-order valence-electron chi connectivity index (χ1n) is 10.0. The maximum atomic E-state index is 12.1. The van der Waals surface area contributed by atoms with Crippen LogP contribution in [0.25, 0.3) is 10.9 Å². The number of rotatable bonds is 7. The van der Waals surface area contributed by atoms with Gasteiger partial charge in [-0.05, 0) is 37.1 Å². The lowest BCUT2D eigenvalue weighted by Crippen LogP contribution is -2.34. The van der Waals surface area contributed by atoms with Crippen LogP contribution >= 0.6 is 0 Å². The van der Waals surface area contributed by atoms with Gasteiger partial charge in [0.15, 0.2) is 0 Å². The lowest BCUT2D eigenvalue weighted by atomic mass is 9.94. The number of fused-ring (bicyclic) bond motifs is 1. The number of aromatic nitrogens is 2. The second kappa shape index (κ2) is 9.15. The normalized spacial score (nSPS) is 17.5. The van der Waals surface area contributed by atoms with E-state index < -0.39 is 0 Å². The Labute approximate surface area is 170 Å². The molecule has 0 unspecified atom stereocenters. The molecule has 1 aliphatic rings. The number of carbonyl (C=O) groups is 1. The molecule has 29 heavy (non-hydrogen) atoms. The lowest BCUT2D eigenvalue weighted by molar-refractivity contribution is 0.0900. The number of carbonyl (C=O) groups excluding carboxylic acids is 1. The van der Waals surface area contributed by atoms with Gasteiger partial charge in [-0.2, -0.15) is 0 Å². The monoisotopic (exact) mass is 394 g/mol. The summed E-state index contributed by atoms with van der Waals surface area (Å²) in [6.07, 6.45) is 4.02. The number of benzene rings is 1. The Morgan fingerprint density at radius 3 is 3.14 bits per heavy atom. The van der Waals surface area contributed by atoms with Gasteiger partial charge in [0.25, 0.3) is 5.91 Å². The Kier molecular flexibility index (Phi) is 6.17. The zero-order valence-electron chi connectivity index (χ0n) is 16.6. The Bertz CT molecular complexity index is 966. The van der Waals surface area contributed by atoms with Crippen LogP contribution in [-0.4, -0.2) is 54.3 Å². The minimum atomic E-state index is -0.253. The van der Waals surface area contributed by atoms with E-state index in [1.165, 1.54) is 10.9 Å². The van der Waals surface area contributed by atoms with Crippen LogP contribution in [0.15, 0.2) is 47.1 Å². The molecule has 7 nitrogen and oxygen atoms in total. The third-order valence-electron chi connectivity index (χ3n) is 5.40. The molecule has 0 radical (unpaired) electrons. The van der Waals surface area contributed by atoms with E-state index in [0.29, 0.717) is 13.2 Å². The van der Waals surface area contributed by atoms with Crippen LogP contribution in [0.2, 0.25) is 0 Å². The number of hydrogen-bond acceptors (Lipinski definition) is 6. The van der Waals surface area contributed by atoms with Gasteiger partial charge in [0.05, 0.1) is 17.8 Å². The topological polar surface area (TPSA) is 80.5 Å². The molecule has 1 amide bonds. The van der Waals surface area contributed by atoms with Crippen molar-refractivity contribution in [2.75, 3.05) is 33.4 Å². The molecule has 0 aliphatic carbocycles. The number of piperidine rings is 1. The van der Waals surface area contributed by atoms with Crippen molar-refractivity contribution in [3.05, 3.63) is 59.6 Å². The van der Waals surface area contributed by atoms with Crippen molar-refractivity contribution < 1.29 is 14.1 Å². The van der Waals surface area contributed by atoms with E-state index in [4.69, 9.17) is 9.26 Å². The van der Waals surface area contributed by atoms with Crippen LogP contribution in [0.4, 0.5) is 0 Å². The fourth-order valence-electron chi connectivity index (χ4n) is 3.92. The van der Waals surface area contributed by atoms with Crippen LogP contribution in [0, 0.1) is 0 Å². The summed E-state index contributed by atoms with van der Waals surface area (Å²) >= 11 is 0. The molecular weight excluding hydrogens is 368 g/mol. The van der Waals surface area contributed by atoms with E-state index in [1.54, 1.807) is 13.2 Å². The SMILES string of the molecule is COCCNC(=O)c1cc([C@H]2CCCN(Cc3ccnc4ccccc34)C2)no1. The molecular formula is C22H26N4O3. The molecule has 4 rings (SSSR count). The largest absolute Gasteiger partial charge is 0.383 e. The predicted octanol–water partition coefficient (Wildman–Crippen LogP) is 2.98. The maximum absolute atomic E-state index is 12.1. The second-order valence-corrected chi connectivity index (χ2v) is 7.43. The predicted molar refractivity (Wildman–Crippen MR) is 110 cm³/mol. The molecule has 1 saturated heterocycles. The number of para-hydroxylation sites is 1. The highest BCUT2D eigenvalue weighted by atomic mass is 16.5. The standard InChI is InChI=1S/C22H26N4O3/c1-28-12-10-24-22(27)21-13-20(25-29-21)17-5-4-11-26(15-17)14-16-8-9-23-19-7-3-2-6-18(16)19/h2-3,6-9,13,17H,4-5,10-12,14-15H2,1H3,(H,24,27)/t17-/m0/s1. The number of likely N-dealkylation sites (tertiary alicyclic amines) is 1. The van der Waals surface area contributed by atoms with Gasteiger partial charge in [0.1, 0.15) is 0 Å². The number of nitrogens with one attached hydrogen (secondary N) is 1. The zero-order valence-corrected chi connectivity index (χ0v) is 16.6. The highest BCUT2D eigenvalue weighted by molar-refractivity contribution is 5.91. The van der Waals surface area contributed by atoms with Gasteiger partial charge in [-0.3, -0.25) is 14.7 Å². The fourth-order valence-corrected chi connectivity index (χ4v) is 3.92. The van der Waals surface area contributed by atoms with Crippen LogP contribution in [0.3, 0.4) is 0 Å². The summed E-state index contributed by atoms with van der Waals surface area (Å²) in [5.74, 6) is 0.270. The van der Waals surface area contributed by atoms with Crippen molar-refractivity contribution in [3.63, 3.8) is 0 Å². The Hall–Kier alpha value is -2.77. The van der Waals surface area contributed by atoms with Gasteiger partial charge in [0.2, 0.25) is 5.76 Å². The molecule has 1 aromatic carbocycles. The third kappa shape index (κ3) is 4.63. The molecule has 1 atom stereocenters. The third-order valence-corrected chi connectivity index (χ3v) is 5.40. The fraction of sp³-hybridized carbons (Fsp3) is 0.409. The summed E-state index contributed by atoms with van der Waals surface area (Å²) < 4.78 is 10.2. The summed E-state index contributed by atoms with van der Waals surface area (Å²) in [6.45, 7) is 3.74. The Morgan fingerprint density at radius 1 is 1.34 bits per heavy atom. The molecule has 3 aromatic rings. The quantitative estimate of drug-likeness (QED) is 0.621. The van der Waals surface area contributed by atoms with E-state index in [2.05, 4.69) is 38.6 Å². The van der Waals surface area contributed by atoms with Crippen LogP contribution < -0.4 is 5.32 Å². The number of pyridine rings is 1. The maximum Gasteiger partial charge on any atom is 0.289 e. The molecule has 1 fully saturated rings. The van der Waals surface area contributed by atoms with Crippen LogP contribution in [-0.2, 0) is 11.3 Å². The number of ether oxygens (including phenoxy) is 1. The van der Waals surface area contributed by atoms with E-state index in [-0.39, 0.29) is 17.6 Å². The summed E-state index contributed by atoms with van der Waals surface area (Å²) in [6, 6.07) is 12.1. The summed E-state index contributed by atoms with van der Waals surface area (Å²) in [4.78, 5) is 19.0. The molecule has 152 valence electrons. The van der Waals surface area contributed by atoms with Crippen molar-refractivity contribution in [1.82, 2.24) is 20.4 Å². The van der Waals surface area contributed by atoms with E-state index >= 15 is 0 Å². The van der Waals surface area contributed by atoms with Crippen molar-refractivity contribution in [1.29, 1.82) is 0 Å². The molecule has 3 heterocycles. The number of nitrogens with zero attached hydrogens (tertiary/aromatic N) is 3. The number of methoxy groups -OCH3 is 1. The summed E-state index contributed by atoms with van der Waals surface area (Å²) in [5, 5.41) is 8.14. The molecule has 0 spiro atoms. The van der Waals surface area contributed by atoms with Crippen molar-refractivity contribution >= 4 is 16.8 Å². The molecule has 2 aromatic heterocycles. The van der Waals surface area contributed by atoms with Gasteiger partial charge >= 0.3 is 0 Å². The lowest BCUT2D eigenvalue weighted by Gasteiger charge is -2.32. The van der Waals surface area contributed by atoms with Gasteiger partial charge in [-0.25, -0.2) is 0 Å². The van der Waals surface area contributed by atoms with Crippen molar-refractivity contribution in [3.8, 4) is 0 Å². The average Bonchev–Trinajstić information content (AvgIpc) is 3.25. The minimum absolute atomic E-state index is 0.253. The van der Waals surface area contributed by atoms with Gasteiger partial charge in [0, 0.05) is 50.3 Å². The molecule has 1 N–H and O–H groups in total. The van der Waals surface area contributed by atoms with Crippen LogP contribution in [0.5, 0.6) is 0 Å². The first-order valence-corrected chi connectivity index (χ1v) is 10.0. The van der Waals surface area contributed by atoms with Gasteiger partial charge < -0.3 is 14.6 Å². The average molecular weight is 394 g/mol. The highest BCUT2D eigenvalue weighted by Gasteiger charge is 2.25. The Morgan fingerprint density at radius 2 is 2.24 bits per heavy atom. The second-order valence-electron chi connectivity index (χ2n) is 7.43. The van der Waals surface area contributed by atoms with Crippen LogP contribution in [0.1, 0.15) is 40.6 Å². The smallest absolute Gasteiger partial charge is 0.289 e. The molecule has 0 saturated carbocycles. The molecule has 7 heteroatoms. The number of hydrogen-bond donors (Lipinski definition) is 1. The Balaban J connectivity index is 1.41. The zero-order chi connectivity index (χ0) is 20.1. The summed E-state index contributed by atoms with van der Waals surface area (Å²) in [7, 11) is 1.60. The first-order chi connectivity index (χ1) is 14.2.